The van der Waals surface area contributed by atoms with Crippen LogP contribution in [0.4, 0.5) is 0 Å². The number of carbonyl (C=O) groups is 1. The van der Waals surface area contributed by atoms with E-state index in [1.54, 1.807) is 16.7 Å². The van der Waals surface area contributed by atoms with E-state index >= 15 is 0 Å². The molecule has 1 aliphatic heterocycles. The molecule has 1 fully saturated rings. The molecule has 0 bridgehead atoms. The summed E-state index contributed by atoms with van der Waals surface area (Å²) in [4.78, 5) is 15.3. The maximum absolute atomic E-state index is 13.1. The first kappa shape index (κ1) is 22.6. The van der Waals surface area contributed by atoms with Crippen LogP contribution in [0.2, 0.25) is 5.02 Å². The Morgan fingerprint density at radius 3 is 2.66 bits per heavy atom. The number of thioether (sulfide) groups is 1. The number of rotatable bonds is 6. The highest BCUT2D eigenvalue weighted by Crippen LogP contribution is 2.37. The summed E-state index contributed by atoms with van der Waals surface area (Å²) in [6.07, 6.45) is 4.61. The molecule has 1 amide bonds. The fourth-order valence-electron chi connectivity index (χ4n) is 3.43. The van der Waals surface area contributed by atoms with Crippen molar-refractivity contribution in [1.82, 2.24) is 14.7 Å². The Morgan fingerprint density at radius 2 is 2.00 bits per heavy atom. The number of benzene rings is 2. The van der Waals surface area contributed by atoms with Crippen LogP contribution in [0.25, 0.3) is 23.0 Å². The van der Waals surface area contributed by atoms with Crippen molar-refractivity contribution in [2.45, 2.75) is 26.3 Å². The van der Waals surface area contributed by atoms with E-state index in [4.69, 9.17) is 33.7 Å². The topological polar surface area (TPSA) is 47.4 Å². The Hall–Kier alpha value is -2.61. The van der Waals surface area contributed by atoms with Crippen LogP contribution in [0.15, 0.2) is 59.6 Å². The predicted molar refractivity (Wildman–Crippen MR) is 135 cm³/mol. The van der Waals surface area contributed by atoms with Gasteiger partial charge in [0.25, 0.3) is 5.91 Å². The number of ether oxygens (including phenoxy) is 1. The Morgan fingerprint density at radius 1 is 1.25 bits per heavy atom. The number of carbonyl (C=O) groups excluding carboxylic acids is 1. The number of amides is 1. The molecule has 1 saturated heterocycles. The second-order valence-electron chi connectivity index (χ2n) is 7.37. The van der Waals surface area contributed by atoms with Crippen LogP contribution in [0.5, 0.6) is 5.75 Å². The minimum Gasteiger partial charge on any atom is -0.495 e. The van der Waals surface area contributed by atoms with Gasteiger partial charge in [0, 0.05) is 23.4 Å². The molecule has 164 valence electrons. The summed E-state index contributed by atoms with van der Waals surface area (Å²) in [5.74, 6) is 0.523. The van der Waals surface area contributed by atoms with Gasteiger partial charge in [-0.1, -0.05) is 60.7 Å². The summed E-state index contributed by atoms with van der Waals surface area (Å²) >= 11 is 13.2. The summed E-state index contributed by atoms with van der Waals surface area (Å²) in [5, 5.41) is 5.30. The molecular weight excluding hydrogens is 462 g/mol. The van der Waals surface area contributed by atoms with Crippen LogP contribution in [0.1, 0.15) is 25.8 Å². The molecule has 0 saturated carbocycles. The number of hydrogen-bond acceptors (Lipinski definition) is 5. The van der Waals surface area contributed by atoms with Gasteiger partial charge in [-0.15, -0.1) is 0 Å². The van der Waals surface area contributed by atoms with Crippen LogP contribution in [0, 0.1) is 0 Å². The average Bonchev–Trinajstić information content (AvgIpc) is 3.34. The monoisotopic (exact) mass is 483 g/mol. The summed E-state index contributed by atoms with van der Waals surface area (Å²) in [5.41, 5.74) is 3.27. The number of thiocarbonyl (C=S) groups is 1. The van der Waals surface area contributed by atoms with Crippen molar-refractivity contribution in [2.75, 3.05) is 7.11 Å². The fraction of sp³-hybridized carbons (Fsp3) is 0.208. The van der Waals surface area contributed by atoms with Gasteiger partial charge in [0.1, 0.15) is 15.8 Å². The number of hydrogen-bond donors (Lipinski definition) is 0. The molecule has 0 radical (unpaired) electrons. The Bertz CT molecular complexity index is 1210. The summed E-state index contributed by atoms with van der Waals surface area (Å²) in [7, 11) is 1.58. The van der Waals surface area contributed by atoms with Crippen LogP contribution in [-0.4, -0.2) is 38.1 Å². The SMILES string of the molecule is CCC(C)N1C(=O)/C(=C/c2cn(-c3ccccc3)nc2-c2ccc(OC)c(Cl)c2)SC1=S. The third-order valence-electron chi connectivity index (χ3n) is 5.33. The zero-order valence-electron chi connectivity index (χ0n) is 17.9. The van der Waals surface area contributed by atoms with E-state index in [1.165, 1.54) is 11.8 Å². The first-order valence-corrected chi connectivity index (χ1v) is 11.8. The van der Waals surface area contributed by atoms with Gasteiger partial charge in [-0.2, -0.15) is 5.10 Å². The van der Waals surface area contributed by atoms with E-state index in [0.717, 1.165) is 23.2 Å². The predicted octanol–water partition coefficient (Wildman–Crippen LogP) is 6.20. The molecule has 1 atom stereocenters. The average molecular weight is 484 g/mol. The van der Waals surface area contributed by atoms with E-state index in [-0.39, 0.29) is 11.9 Å². The van der Waals surface area contributed by atoms with Crippen molar-refractivity contribution >= 4 is 51.9 Å². The Kier molecular flexibility index (Phi) is 6.69. The molecule has 2 aromatic carbocycles. The number of methoxy groups -OCH3 is 1. The minimum absolute atomic E-state index is 0.0558. The smallest absolute Gasteiger partial charge is 0.266 e. The van der Waals surface area contributed by atoms with Crippen molar-refractivity contribution in [3.63, 3.8) is 0 Å². The standard InChI is InChI=1S/C24H22ClN3O2S2/c1-4-15(2)28-23(29)21(32-24(28)31)13-17-14-27(18-8-6-5-7-9-18)26-22(17)16-10-11-20(30-3)19(25)12-16/h5-15H,4H2,1-3H3/b21-13-. The molecule has 0 aliphatic carbocycles. The molecule has 1 aliphatic rings. The molecule has 0 spiro atoms. The van der Waals surface area contributed by atoms with E-state index < -0.39 is 0 Å². The summed E-state index contributed by atoms with van der Waals surface area (Å²) in [6, 6.07) is 15.4. The van der Waals surface area contributed by atoms with Gasteiger partial charge in [-0.05, 0) is 49.8 Å². The van der Waals surface area contributed by atoms with Crippen LogP contribution in [0.3, 0.4) is 0 Å². The molecular formula is C24H22ClN3O2S2. The van der Waals surface area contributed by atoms with Crippen LogP contribution >= 0.6 is 35.6 Å². The fourth-order valence-corrected chi connectivity index (χ4v) is 5.14. The second kappa shape index (κ2) is 9.48. The lowest BCUT2D eigenvalue weighted by atomic mass is 10.1. The molecule has 2 heterocycles. The molecule has 8 heteroatoms. The van der Waals surface area contributed by atoms with Crippen molar-refractivity contribution in [3.05, 3.63) is 70.2 Å². The molecule has 1 aromatic heterocycles. The maximum atomic E-state index is 13.1. The first-order valence-electron chi connectivity index (χ1n) is 10.2. The quantitative estimate of drug-likeness (QED) is 0.308. The lowest BCUT2D eigenvalue weighted by molar-refractivity contribution is -0.123. The lowest BCUT2D eigenvalue weighted by Crippen LogP contribution is -2.36. The van der Waals surface area contributed by atoms with Crippen molar-refractivity contribution in [1.29, 1.82) is 0 Å². The van der Waals surface area contributed by atoms with E-state index in [2.05, 4.69) is 0 Å². The van der Waals surface area contributed by atoms with Crippen molar-refractivity contribution in [2.24, 2.45) is 0 Å². The molecule has 1 unspecified atom stereocenters. The maximum Gasteiger partial charge on any atom is 0.266 e. The van der Waals surface area contributed by atoms with E-state index in [1.807, 2.05) is 74.7 Å². The number of para-hydroxylation sites is 1. The van der Waals surface area contributed by atoms with Crippen molar-refractivity contribution < 1.29 is 9.53 Å². The highest BCUT2D eigenvalue weighted by molar-refractivity contribution is 8.26. The highest BCUT2D eigenvalue weighted by Gasteiger charge is 2.35. The largest absolute Gasteiger partial charge is 0.495 e. The minimum atomic E-state index is -0.0690. The van der Waals surface area contributed by atoms with E-state index in [9.17, 15) is 4.79 Å². The second-order valence-corrected chi connectivity index (χ2v) is 9.45. The zero-order chi connectivity index (χ0) is 22.8. The Labute approximate surface area is 202 Å². The van der Waals surface area contributed by atoms with Gasteiger partial charge in [0.15, 0.2) is 0 Å². The third-order valence-corrected chi connectivity index (χ3v) is 6.96. The van der Waals surface area contributed by atoms with Gasteiger partial charge < -0.3 is 4.74 Å². The molecule has 4 rings (SSSR count). The number of nitrogens with zero attached hydrogens (tertiary/aromatic N) is 3. The van der Waals surface area contributed by atoms with E-state index in [0.29, 0.717) is 25.7 Å². The summed E-state index contributed by atoms with van der Waals surface area (Å²) < 4.78 is 7.67. The third kappa shape index (κ3) is 4.33. The number of halogens is 1. The van der Waals surface area contributed by atoms with Crippen LogP contribution in [-0.2, 0) is 4.79 Å². The van der Waals surface area contributed by atoms with Gasteiger partial charge in [-0.3, -0.25) is 9.69 Å². The normalized spacial score (nSPS) is 16.1. The number of aromatic nitrogens is 2. The molecule has 3 aromatic rings. The lowest BCUT2D eigenvalue weighted by Gasteiger charge is -2.21. The molecule has 5 nitrogen and oxygen atoms in total. The van der Waals surface area contributed by atoms with Crippen LogP contribution < -0.4 is 4.74 Å². The molecule has 32 heavy (non-hydrogen) atoms. The highest BCUT2D eigenvalue weighted by atomic mass is 35.5. The first-order chi connectivity index (χ1) is 15.4. The van der Waals surface area contributed by atoms with Crippen molar-refractivity contribution in [3.8, 4) is 22.7 Å². The van der Waals surface area contributed by atoms with Gasteiger partial charge in [0.05, 0.1) is 22.7 Å². The summed E-state index contributed by atoms with van der Waals surface area (Å²) in [6.45, 7) is 4.05. The van der Waals surface area contributed by atoms with Gasteiger partial charge in [0.2, 0.25) is 0 Å². The Balaban J connectivity index is 1.81. The van der Waals surface area contributed by atoms with Gasteiger partial charge in [-0.25, -0.2) is 4.68 Å². The zero-order valence-corrected chi connectivity index (χ0v) is 20.3. The molecule has 0 N–H and O–H groups in total. The van der Waals surface area contributed by atoms with Gasteiger partial charge >= 0.3 is 0 Å².